The average molecular weight is 432 g/mol. The fraction of sp³-hybridized carbons (Fsp3) is 0.263. The first-order valence-corrected chi connectivity index (χ1v) is 10.6. The van der Waals surface area contributed by atoms with Gasteiger partial charge in [-0.2, -0.15) is 9.41 Å². The van der Waals surface area contributed by atoms with Crippen molar-refractivity contribution in [3.63, 3.8) is 0 Å². The summed E-state index contributed by atoms with van der Waals surface area (Å²) in [4.78, 5) is 22.5. The summed E-state index contributed by atoms with van der Waals surface area (Å²) >= 11 is 0. The Hall–Kier alpha value is -3.31. The van der Waals surface area contributed by atoms with Gasteiger partial charge in [-0.15, -0.1) is 0 Å². The van der Waals surface area contributed by atoms with Crippen molar-refractivity contribution in [1.82, 2.24) is 9.73 Å². The predicted molar refractivity (Wildman–Crippen MR) is 109 cm³/mol. The molecule has 0 radical (unpaired) electrons. The van der Waals surface area contributed by atoms with Gasteiger partial charge in [-0.3, -0.25) is 14.9 Å². The van der Waals surface area contributed by atoms with Crippen LogP contribution in [0.1, 0.15) is 35.2 Å². The largest absolute Gasteiger partial charge is 0.507 e. The van der Waals surface area contributed by atoms with Gasteiger partial charge in [0.25, 0.3) is 11.6 Å². The highest BCUT2D eigenvalue weighted by molar-refractivity contribution is 7.89. The van der Waals surface area contributed by atoms with Crippen LogP contribution in [-0.2, 0) is 10.0 Å². The number of rotatable bonds is 6. The number of nitrogens with one attached hydrogen (secondary N) is 1. The Labute approximate surface area is 173 Å². The number of hydrazone groups is 1. The molecule has 0 spiro atoms. The number of carbonyl (C=O) groups is 1. The van der Waals surface area contributed by atoms with E-state index in [4.69, 9.17) is 0 Å². The molecular weight excluding hydrogens is 412 g/mol. The Morgan fingerprint density at radius 3 is 2.43 bits per heavy atom. The molecule has 2 N–H and O–H groups in total. The molecule has 1 amide bonds. The lowest BCUT2D eigenvalue weighted by atomic mass is 10.2. The summed E-state index contributed by atoms with van der Waals surface area (Å²) in [7, 11) is -3.58. The van der Waals surface area contributed by atoms with Crippen LogP contribution >= 0.6 is 0 Å². The zero-order valence-corrected chi connectivity index (χ0v) is 16.7. The van der Waals surface area contributed by atoms with E-state index < -0.39 is 20.9 Å². The molecule has 2 aromatic carbocycles. The van der Waals surface area contributed by atoms with Crippen molar-refractivity contribution in [3.05, 3.63) is 63.7 Å². The van der Waals surface area contributed by atoms with E-state index in [1.807, 2.05) is 0 Å². The van der Waals surface area contributed by atoms with Crippen LogP contribution in [0.5, 0.6) is 5.75 Å². The smallest absolute Gasteiger partial charge is 0.271 e. The number of phenols is 1. The summed E-state index contributed by atoms with van der Waals surface area (Å²) in [6.45, 7) is 0.980. The van der Waals surface area contributed by atoms with E-state index in [0.717, 1.165) is 43.7 Å². The maximum atomic E-state index is 12.6. The van der Waals surface area contributed by atoms with E-state index in [1.165, 1.54) is 28.6 Å². The first-order chi connectivity index (χ1) is 14.3. The monoisotopic (exact) mass is 432 g/mol. The fourth-order valence-corrected chi connectivity index (χ4v) is 4.53. The van der Waals surface area contributed by atoms with Crippen LogP contribution in [0.4, 0.5) is 5.69 Å². The Kier molecular flexibility index (Phi) is 6.43. The average Bonchev–Trinajstić information content (AvgIpc) is 2.75. The Morgan fingerprint density at radius 2 is 1.80 bits per heavy atom. The van der Waals surface area contributed by atoms with Crippen LogP contribution in [0.15, 0.2) is 52.5 Å². The Balaban J connectivity index is 1.67. The quantitative estimate of drug-likeness (QED) is 0.407. The van der Waals surface area contributed by atoms with E-state index >= 15 is 0 Å². The van der Waals surface area contributed by atoms with E-state index in [1.54, 1.807) is 0 Å². The number of non-ortho nitro benzene ring substituents is 1. The summed E-state index contributed by atoms with van der Waals surface area (Å²) in [6.07, 6.45) is 3.75. The molecule has 0 aliphatic carbocycles. The number of carbonyl (C=O) groups excluding carboxylic acids is 1. The third-order valence-corrected chi connectivity index (χ3v) is 6.57. The molecule has 158 valence electrons. The minimum Gasteiger partial charge on any atom is -0.507 e. The van der Waals surface area contributed by atoms with Crippen LogP contribution in [0.3, 0.4) is 0 Å². The highest BCUT2D eigenvalue weighted by Gasteiger charge is 2.25. The second kappa shape index (κ2) is 9.01. The van der Waals surface area contributed by atoms with Gasteiger partial charge >= 0.3 is 0 Å². The minimum absolute atomic E-state index is 0.0625. The van der Waals surface area contributed by atoms with E-state index in [0.29, 0.717) is 13.1 Å². The lowest BCUT2D eigenvalue weighted by Gasteiger charge is -2.25. The Bertz CT molecular complexity index is 1080. The number of amides is 1. The highest BCUT2D eigenvalue weighted by atomic mass is 32.2. The topological polar surface area (TPSA) is 142 Å². The first-order valence-electron chi connectivity index (χ1n) is 9.20. The SMILES string of the molecule is O=C(N/N=C\c1cc([N+](=O)[O-])ccc1O)c1ccc(S(=O)(=O)N2CCCCC2)cc1. The van der Waals surface area contributed by atoms with Gasteiger partial charge in [-0.25, -0.2) is 13.8 Å². The zero-order chi connectivity index (χ0) is 21.7. The van der Waals surface area contributed by atoms with Gasteiger partial charge < -0.3 is 5.11 Å². The van der Waals surface area contributed by atoms with Crippen LogP contribution in [-0.4, -0.2) is 48.0 Å². The number of piperidine rings is 1. The maximum absolute atomic E-state index is 12.6. The molecule has 1 heterocycles. The molecule has 30 heavy (non-hydrogen) atoms. The summed E-state index contributed by atoms with van der Waals surface area (Å²) in [5.41, 5.74) is 2.25. The van der Waals surface area contributed by atoms with Gasteiger partial charge in [0.05, 0.1) is 16.0 Å². The van der Waals surface area contributed by atoms with Crippen molar-refractivity contribution in [2.24, 2.45) is 5.10 Å². The number of benzene rings is 2. The van der Waals surface area contributed by atoms with Crippen LogP contribution < -0.4 is 5.43 Å². The Morgan fingerprint density at radius 1 is 1.13 bits per heavy atom. The molecule has 2 aromatic rings. The molecule has 1 fully saturated rings. The van der Waals surface area contributed by atoms with E-state index in [2.05, 4.69) is 10.5 Å². The molecular formula is C19H20N4O6S. The normalized spacial score (nSPS) is 15.2. The second-order valence-electron chi connectivity index (χ2n) is 6.69. The molecule has 10 nitrogen and oxygen atoms in total. The van der Waals surface area contributed by atoms with Gasteiger partial charge in [0.1, 0.15) is 5.75 Å². The molecule has 0 bridgehead atoms. The summed E-state index contributed by atoms with van der Waals surface area (Å²) in [6, 6.07) is 8.92. The third kappa shape index (κ3) is 4.81. The number of phenolic OH excluding ortho intramolecular Hbond substituents is 1. The van der Waals surface area contributed by atoms with Crippen molar-refractivity contribution in [1.29, 1.82) is 0 Å². The van der Waals surface area contributed by atoms with Crippen molar-refractivity contribution in [2.45, 2.75) is 24.2 Å². The molecule has 0 aromatic heterocycles. The second-order valence-corrected chi connectivity index (χ2v) is 8.63. The number of nitro groups is 1. The lowest BCUT2D eigenvalue weighted by Crippen LogP contribution is -2.35. The standard InChI is InChI=1S/C19H20N4O6S/c24-18-9-6-16(23(26)27)12-15(18)13-20-21-19(25)14-4-7-17(8-5-14)30(28,29)22-10-2-1-3-11-22/h4-9,12-13,24H,1-3,10-11H2,(H,21,25)/b20-13-. The van der Waals surface area contributed by atoms with Crippen molar-refractivity contribution < 1.29 is 23.2 Å². The van der Waals surface area contributed by atoms with E-state index in [-0.39, 0.29) is 27.5 Å². The van der Waals surface area contributed by atoms with Crippen molar-refractivity contribution in [3.8, 4) is 5.75 Å². The molecule has 0 unspecified atom stereocenters. The molecule has 3 rings (SSSR count). The number of hydrogen-bond acceptors (Lipinski definition) is 7. The molecule has 1 saturated heterocycles. The van der Waals surface area contributed by atoms with Crippen LogP contribution in [0.2, 0.25) is 0 Å². The van der Waals surface area contributed by atoms with Gasteiger partial charge in [-0.05, 0) is 43.2 Å². The highest BCUT2D eigenvalue weighted by Crippen LogP contribution is 2.22. The van der Waals surface area contributed by atoms with E-state index in [9.17, 15) is 28.4 Å². The molecule has 1 aliphatic rings. The number of hydrogen-bond donors (Lipinski definition) is 2. The molecule has 1 aliphatic heterocycles. The fourth-order valence-electron chi connectivity index (χ4n) is 3.02. The van der Waals surface area contributed by atoms with Gasteiger partial charge in [0.2, 0.25) is 10.0 Å². The summed E-state index contributed by atoms with van der Waals surface area (Å²) in [5, 5.41) is 24.2. The molecule has 0 saturated carbocycles. The van der Waals surface area contributed by atoms with Crippen molar-refractivity contribution >= 4 is 27.8 Å². The molecule has 11 heteroatoms. The maximum Gasteiger partial charge on any atom is 0.271 e. The predicted octanol–water partition coefficient (Wildman–Crippen LogP) is 2.24. The number of nitro benzene ring substituents is 1. The van der Waals surface area contributed by atoms with Crippen LogP contribution in [0, 0.1) is 10.1 Å². The van der Waals surface area contributed by atoms with Crippen molar-refractivity contribution in [2.75, 3.05) is 13.1 Å². The number of sulfonamides is 1. The molecule has 0 atom stereocenters. The number of nitrogens with zero attached hydrogens (tertiary/aromatic N) is 3. The third-order valence-electron chi connectivity index (χ3n) is 4.66. The first kappa shape index (κ1) is 21.4. The summed E-state index contributed by atoms with van der Waals surface area (Å²) < 4.78 is 26.7. The van der Waals surface area contributed by atoms with Crippen LogP contribution in [0.25, 0.3) is 0 Å². The summed E-state index contributed by atoms with van der Waals surface area (Å²) in [5.74, 6) is -0.830. The van der Waals surface area contributed by atoms with Gasteiger partial charge in [-0.1, -0.05) is 6.42 Å². The van der Waals surface area contributed by atoms with Gasteiger partial charge in [0.15, 0.2) is 0 Å². The van der Waals surface area contributed by atoms with Gasteiger partial charge in [0, 0.05) is 36.3 Å². The minimum atomic E-state index is -3.58. The zero-order valence-electron chi connectivity index (χ0n) is 15.9. The lowest BCUT2D eigenvalue weighted by molar-refractivity contribution is -0.384. The number of aromatic hydroxyl groups is 1.